The van der Waals surface area contributed by atoms with Crippen LogP contribution in [-0.2, 0) is 0 Å². The molecule has 1 aromatic carbocycles. The van der Waals surface area contributed by atoms with Gasteiger partial charge >= 0.3 is 0 Å². The van der Waals surface area contributed by atoms with Crippen LogP contribution in [0.2, 0.25) is 5.02 Å². The largest absolute Gasteiger partial charge is 0.507 e. The number of nitriles is 1. The summed E-state index contributed by atoms with van der Waals surface area (Å²) >= 11 is 6.01. The number of hydrogen-bond acceptors (Lipinski definition) is 6. The molecule has 2 atom stereocenters. The van der Waals surface area contributed by atoms with Crippen molar-refractivity contribution in [2.75, 3.05) is 12.8 Å². The van der Waals surface area contributed by atoms with Crippen molar-refractivity contribution < 1.29 is 5.11 Å². The summed E-state index contributed by atoms with van der Waals surface area (Å²) in [5.41, 5.74) is 7.37. The molecule has 7 heteroatoms. The number of nitrogens with two attached hydrogens (primary N) is 1. The van der Waals surface area contributed by atoms with E-state index in [4.69, 9.17) is 17.3 Å². The van der Waals surface area contributed by atoms with E-state index in [9.17, 15) is 10.4 Å². The number of nitrogens with zero attached hydrogens (tertiary/aromatic N) is 3. The minimum absolute atomic E-state index is 0.0222. The molecule has 1 aliphatic carbocycles. The van der Waals surface area contributed by atoms with Crippen LogP contribution < -0.4 is 11.1 Å². The first-order valence-corrected chi connectivity index (χ1v) is 8.15. The van der Waals surface area contributed by atoms with Gasteiger partial charge in [0.2, 0.25) is 0 Å². The fourth-order valence-electron chi connectivity index (χ4n) is 3.21. The van der Waals surface area contributed by atoms with Gasteiger partial charge in [-0.25, -0.2) is 9.97 Å². The third-order valence-corrected chi connectivity index (χ3v) is 4.74. The Balaban J connectivity index is 2.10. The molecule has 6 nitrogen and oxygen atoms in total. The molecule has 0 radical (unpaired) electrons. The van der Waals surface area contributed by atoms with Gasteiger partial charge in [0.1, 0.15) is 23.2 Å². The van der Waals surface area contributed by atoms with Crippen molar-refractivity contribution in [2.45, 2.75) is 31.2 Å². The molecule has 0 aliphatic heterocycles. The molecule has 1 aliphatic rings. The molecule has 124 valence electrons. The number of anilines is 1. The Bertz CT molecular complexity index is 817. The number of nitrogen functional groups attached to an aromatic ring is 1. The van der Waals surface area contributed by atoms with E-state index in [0.29, 0.717) is 27.9 Å². The maximum atomic E-state index is 10.1. The van der Waals surface area contributed by atoms with E-state index in [1.807, 2.05) is 7.05 Å². The molecule has 1 aromatic heterocycles. The Hall–Kier alpha value is -2.36. The van der Waals surface area contributed by atoms with Gasteiger partial charge in [-0.05, 0) is 44.5 Å². The second-order valence-corrected chi connectivity index (χ2v) is 6.40. The molecule has 0 spiro atoms. The molecule has 0 saturated heterocycles. The SMILES string of the molecule is CNC1CCC(c2nc(-c3cc(Cl)ccc3O)nc(N)c2C#N)C1. The molecule has 1 fully saturated rings. The number of hydrogen-bond donors (Lipinski definition) is 3. The highest BCUT2D eigenvalue weighted by Crippen LogP contribution is 2.38. The van der Waals surface area contributed by atoms with Crippen LogP contribution in [0.15, 0.2) is 18.2 Å². The van der Waals surface area contributed by atoms with Crippen LogP contribution in [-0.4, -0.2) is 28.2 Å². The van der Waals surface area contributed by atoms with Crippen molar-refractivity contribution in [3.8, 4) is 23.2 Å². The van der Waals surface area contributed by atoms with E-state index in [1.165, 1.54) is 6.07 Å². The number of aromatic hydroxyl groups is 1. The summed E-state index contributed by atoms with van der Waals surface area (Å²) in [5.74, 6) is 0.579. The van der Waals surface area contributed by atoms with Crippen LogP contribution in [0.5, 0.6) is 5.75 Å². The topological polar surface area (TPSA) is 108 Å². The van der Waals surface area contributed by atoms with Crippen molar-refractivity contribution in [2.24, 2.45) is 0 Å². The maximum Gasteiger partial charge on any atom is 0.165 e. The van der Waals surface area contributed by atoms with Gasteiger partial charge < -0.3 is 16.2 Å². The standard InChI is InChI=1S/C17H18ClN5O/c1-21-11-4-2-9(6-11)15-13(8-19)16(20)23-17(22-15)12-7-10(18)3-5-14(12)24/h3,5,7,9,11,21,24H,2,4,6H2,1H3,(H2,20,22,23). The van der Waals surface area contributed by atoms with Crippen molar-refractivity contribution in [1.82, 2.24) is 15.3 Å². The van der Waals surface area contributed by atoms with E-state index >= 15 is 0 Å². The Kier molecular flexibility index (Phi) is 4.56. The molecular formula is C17H18ClN5O. The summed E-state index contributed by atoms with van der Waals surface area (Å²) in [6, 6.07) is 7.19. The fraction of sp³-hybridized carbons (Fsp3) is 0.353. The van der Waals surface area contributed by atoms with Gasteiger partial charge in [-0.1, -0.05) is 11.6 Å². The van der Waals surface area contributed by atoms with Gasteiger partial charge in [0.15, 0.2) is 5.82 Å². The third kappa shape index (κ3) is 3.01. The molecule has 2 aromatic rings. The zero-order valence-electron chi connectivity index (χ0n) is 13.3. The number of rotatable bonds is 3. The zero-order valence-corrected chi connectivity index (χ0v) is 14.0. The van der Waals surface area contributed by atoms with Crippen molar-refractivity contribution in [3.05, 3.63) is 34.5 Å². The first kappa shape index (κ1) is 16.5. The molecule has 0 bridgehead atoms. The molecule has 1 saturated carbocycles. The van der Waals surface area contributed by atoms with Crippen LogP contribution >= 0.6 is 11.6 Å². The van der Waals surface area contributed by atoms with E-state index < -0.39 is 0 Å². The third-order valence-electron chi connectivity index (χ3n) is 4.50. The summed E-state index contributed by atoms with van der Waals surface area (Å²) in [6.45, 7) is 0. The lowest BCUT2D eigenvalue weighted by atomic mass is 9.98. The Morgan fingerprint density at radius 2 is 2.17 bits per heavy atom. The molecule has 0 amide bonds. The second kappa shape index (κ2) is 6.63. The number of benzene rings is 1. The highest BCUT2D eigenvalue weighted by Gasteiger charge is 2.29. The first-order chi connectivity index (χ1) is 11.5. The molecule has 2 unspecified atom stereocenters. The quantitative estimate of drug-likeness (QED) is 0.790. The predicted molar refractivity (Wildman–Crippen MR) is 92.7 cm³/mol. The van der Waals surface area contributed by atoms with Gasteiger partial charge in [0, 0.05) is 17.0 Å². The molecule has 4 N–H and O–H groups in total. The highest BCUT2D eigenvalue weighted by atomic mass is 35.5. The van der Waals surface area contributed by atoms with Crippen molar-refractivity contribution in [3.63, 3.8) is 0 Å². The normalized spacial score (nSPS) is 20.0. The number of nitrogens with one attached hydrogen (secondary N) is 1. The second-order valence-electron chi connectivity index (χ2n) is 5.96. The Morgan fingerprint density at radius 1 is 1.38 bits per heavy atom. The smallest absolute Gasteiger partial charge is 0.165 e. The molecule has 3 rings (SSSR count). The van der Waals surface area contributed by atoms with E-state index in [-0.39, 0.29) is 23.3 Å². The first-order valence-electron chi connectivity index (χ1n) is 7.77. The zero-order chi connectivity index (χ0) is 17.3. The minimum Gasteiger partial charge on any atom is -0.507 e. The summed E-state index contributed by atoms with van der Waals surface area (Å²) in [4.78, 5) is 8.76. The average Bonchev–Trinajstić information content (AvgIpc) is 3.05. The van der Waals surface area contributed by atoms with Gasteiger partial charge in [-0.2, -0.15) is 5.26 Å². The predicted octanol–water partition coefficient (Wildman–Crippen LogP) is 2.81. The number of phenolic OH excluding ortho intramolecular Hbond substituents is 1. The number of aromatic nitrogens is 2. The minimum atomic E-state index is 0.0222. The molecular weight excluding hydrogens is 326 g/mol. The lowest BCUT2D eigenvalue weighted by molar-refractivity contribution is 0.477. The number of phenols is 1. The van der Waals surface area contributed by atoms with Crippen LogP contribution in [0.25, 0.3) is 11.4 Å². The Labute approximate surface area is 145 Å². The van der Waals surface area contributed by atoms with E-state index in [1.54, 1.807) is 12.1 Å². The van der Waals surface area contributed by atoms with E-state index in [0.717, 1.165) is 19.3 Å². The van der Waals surface area contributed by atoms with Crippen LogP contribution in [0.4, 0.5) is 5.82 Å². The van der Waals surface area contributed by atoms with Crippen LogP contribution in [0.3, 0.4) is 0 Å². The monoisotopic (exact) mass is 343 g/mol. The highest BCUT2D eigenvalue weighted by molar-refractivity contribution is 6.30. The average molecular weight is 344 g/mol. The van der Waals surface area contributed by atoms with Crippen molar-refractivity contribution >= 4 is 17.4 Å². The van der Waals surface area contributed by atoms with Gasteiger partial charge in [-0.15, -0.1) is 0 Å². The summed E-state index contributed by atoms with van der Waals surface area (Å²) in [6.07, 6.45) is 2.84. The van der Waals surface area contributed by atoms with Crippen LogP contribution in [0.1, 0.15) is 36.4 Å². The lowest BCUT2D eigenvalue weighted by Crippen LogP contribution is -2.21. The van der Waals surface area contributed by atoms with Gasteiger partial charge in [0.05, 0.1) is 11.3 Å². The van der Waals surface area contributed by atoms with Crippen molar-refractivity contribution in [1.29, 1.82) is 5.26 Å². The summed E-state index contributed by atoms with van der Waals surface area (Å²) < 4.78 is 0. The van der Waals surface area contributed by atoms with Crippen LogP contribution in [0, 0.1) is 11.3 Å². The lowest BCUT2D eigenvalue weighted by Gasteiger charge is -2.15. The summed E-state index contributed by atoms with van der Waals surface area (Å²) in [5, 5.41) is 23.3. The fourth-order valence-corrected chi connectivity index (χ4v) is 3.38. The summed E-state index contributed by atoms with van der Waals surface area (Å²) in [7, 11) is 1.93. The van der Waals surface area contributed by atoms with Gasteiger partial charge in [-0.3, -0.25) is 0 Å². The van der Waals surface area contributed by atoms with Gasteiger partial charge in [0.25, 0.3) is 0 Å². The van der Waals surface area contributed by atoms with E-state index in [2.05, 4.69) is 21.4 Å². The number of halogens is 1. The maximum absolute atomic E-state index is 10.1. The molecule has 1 heterocycles. The molecule has 24 heavy (non-hydrogen) atoms. The Morgan fingerprint density at radius 3 is 2.83 bits per heavy atom.